The minimum atomic E-state index is -1.05. The predicted molar refractivity (Wildman–Crippen MR) is 146 cm³/mol. The molecule has 1 aromatic heterocycles. The molecular weight excluding hydrogens is 495 g/mol. The summed E-state index contributed by atoms with van der Waals surface area (Å²) in [7, 11) is 0. The molecule has 7 nitrogen and oxygen atoms in total. The molecule has 1 saturated carbocycles. The van der Waals surface area contributed by atoms with Gasteiger partial charge < -0.3 is 25.2 Å². The van der Waals surface area contributed by atoms with Crippen LogP contribution in [0.5, 0.6) is 0 Å². The van der Waals surface area contributed by atoms with Gasteiger partial charge in [-0.05, 0) is 67.3 Å². The number of amides is 2. The maximum absolute atomic E-state index is 13.9. The molecule has 0 bridgehead atoms. The van der Waals surface area contributed by atoms with Crippen LogP contribution in [-0.4, -0.2) is 34.3 Å². The first-order valence-corrected chi connectivity index (χ1v) is 13.0. The number of carboxylic acids is 1. The zero-order valence-corrected chi connectivity index (χ0v) is 21.8. The van der Waals surface area contributed by atoms with Crippen molar-refractivity contribution in [1.29, 1.82) is 0 Å². The van der Waals surface area contributed by atoms with Crippen molar-refractivity contribution in [3.8, 4) is 5.69 Å². The molecule has 3 N–H and O–H groups in total. The number of aromatic nitrogens is 1. The Hall–Kier alpha value is -3.52. The third-order valence-corrected chi connectivity index (χ3v) is 6.85. The van der Waals surface area contributed by atoms with Crippen molar-refractivity contribution >= 4 is 40.7 Å². The van der Waals surface area contributed by atoms with Crippen molar-refractivity contribution in [2.24, 2.45) is 5.92 Å². The summed E-state index contributed by atoms with van der Waals surface area (Å²) in [5.41, 5.74) is 2.40. The number of halogens is 2. The third kappa shape index (κ3) is 6.43. The molecule has 196 valence electrons. The smallest absolute Gasteiger partial charge is 0.352 e. The van der Waals surface area contributed by atoms with Gasteiger partial charge in [0.1, 0.15) is 11.5 Å². The van der Waals surface area contributed by atoms with Crippen LogP contribution in [0, 0.1) is 11.7 Å². The van der Waals surface area contributed by atoms with E-state index in [1.807, 2.05) is 12.1 Å². The molecular formula is C28H32ClFN4O3. The summed E-state index contributed by atoms with van der Waals surface area (Å²) in [6.45, 7) is 5.14. The fourth-order valence-electron chi connectivity index (χ4n) is 4.89. The maximum atomic E-state index is 13.9. The molecule has 1 aliphatic rings. The van der Waals surface area contributed by atoms with E-state index in [9.17, 15) is 19.1 Å². The molecule has 37 heavy (non-hydrogen) atoms. The van der Waals surface area contributed by atoms with Crippen LogP contribution in [0.2, 0.25) is 5.02 Å². The van der Waals surface area contributed by atoms with Gasteiger partial charge >= 0.3 is 12.0 Å². The van der Waals surface area contributed by atoms with Crippen LogP contribution in [0.25, 0.3) is 5.69 Å². The Morgan fingerprint density at radius 2 is 1.86 bits per heavy atom. The molecule has 0 aliphatic heterocycles. The molecule has 0 atom stereocenters. The van der Waals surface area contributed by atoms with Crippen LogP contribution >= 0.6 is 11.6 Å². The van der Waals surface area contributed by atoms with Crippen LogP contribution in [0.4, 0.5) is 26.2 Å². The highest BCUT2D eigenvalue weighted by atomic mass is 35.5. The average molecular weight is 527 g/mol. The van der Waals surface area contributed by atoms with E-state index in [0.29, 0.717) is 23.3 Å². The van der Waals surface area contributed by atoms with Crippen LogP contribution in [0.15, 0.2) is 54.7 Å². The fourth-order valence-corrected chi connectivity index (χ4v) is 5.01. The lowest BCUT2D eigenvalue weighted by Gasteiger charge is -2.38. The van der Waals surface area contributed by atoms with E-state index in [0.717, 1.165) is 44.0 Å². The number of carboxylic acid groups (broad SMARTS) is 1. The summed E-state index contributed by atoms with van der Waals surface area (Å²) in [4.78, 5) is 27.1. The van der Waals surface area contributed by atoms with Gasteiger partial charge in [0.15, 0.2) is 0 Å². The van der Waals surface area contributed by atoms with Crippen molar-refractivity contribution in [1.82, 2.24) is 4.57 Å². The Bertz CT molecular complexity index is 1270. The molecule has 9 heteroatoms. The standard InChI is InChI=1S/C28H32ClFN4O3/c1-18(2)17-34(20-7-4-3-5-8-20)25-13-11-21(33-14-6-9-26(33)27(35)36)16-24(25)32-28(37)31-19-10-12-22(29)23(30)15-19/h6,9-16,18,20H,3-5,7-8,17H2,1-2H3,(H,35,36)(H2,31,32,37). The molecule has 1 fully saturated rings. The number of nitrogens with zero attached hydrogens (tertiary/aromatic N) is 2. The number of hydrogen-bond acceptors (Lipinski definition) is 3. The van der Waals surface area contributed by atoms with Crippen LogP contribution < -0.4 is 15.5 Å². The Kier molecular flexibility index (Phi) is 8.38. The van der Waals surface area contributed by atoms with E-state index in [1.54, 1.807) is 22.9 Å². The molecule has 0 spiro atoms. The molecule has 4 rings (SSSR count). The van der Waals surface area contributed by atoms with Crippen LogP contribution in [0.3, 0.4) is 0 Å². The number of rotatable bonds is 8. The highest BCUT2D eigenvalue weighted by Gasteiger charge is 2.25. The number of urea groups is 1. The zero-order chi connectivity index (χ0) is 26.5. The van der Waals surface area contributed by atoms with Crippen LogP contribution in [0.1, 0.15) is 56.4 Å². The van der Waals surface area contributed by atoms with Gasteiger partial charge in [-0.25, -0.2) is 14.0 Å². The average Bonchev–Trinajstić information content (AvgIpc) is 3.36. The van der Waals surface area contributed by atoms with Gasteiger partial charge in [-0.1, -0.05) is 44.7 Å². The highest BCUT2D eigenvalue weighted by Crippen LogP contribution is 2.35. The number of aromatic carboxylic acids is 1. The summed E-state index contributed by atoms with van der Waals surface area (Å²) in [5, 5.41) is 15.2. The zero-order valence-electron chi connectivity index (χ0n) is 21.0. The highest BCUT2D eigenvalue weighted by molar-refractivity contribution is 6.30. The van der Waals surface area contributed by atoms with Crippen molar-refractivity contribution in [3.05, 3.63) is 71.3 Å². The monoisotopic (exact) mass is 526 g/mol. The Balaban J connectivity index is 1.72. The minimum Gasteiger partial charge on any atom is -0.477 e. The van der Waals surface area contributed by atoms with Gasteiger partial charge in [0, 0.05) is 30.2 Å². The number of benzene rings is 2. The largest absolute Gasteiger partial charge is 0.477 e. The van der Waals surface area contributed by atoms with Crippen molar-refractivity contribution in [3.63, 3.8) is 0 Å². The van der Waals surface area contributed by atoms with Gasteiger partial charge in [0.25, 0.3) is 0 Å². The maximum Gasteiger partial charge on any atom is 0.352 e. The molecule has 1 heterocycles. The summed E-state index contributed by atoms with van der Waals surface area (Å²) >= 11 is 5.77. The van der Waals surface area contributed by atoms with Crippen molar-refractivity contribution in [2.75, 3.05) is 22.1 Å². The molecule has 0 radical (unpaired) electrons. The lowest BCUT2D eigenvalue weighted by atomic mass is 9.93. The topological polar surface area (TPSA) is 86.6 Å². The van der Waals surface area contributed by atoms with E-state index >= 15 is 0 Å². The summed E-state index contributed by atoms with van der Waals surface area (Å²) in [5.74, 6) is -1.28. The molecule has 2 aromatic carbocycles. The first kappa shape index (κ1) is 26.5. The minimum absolute atomic E-state index is 0.0290. The lowest BCUT2D eigenvalue weighted by Crippen LogP contribution is -2.40. The number of anilines is 3. The van der Waals surface area contributed by atoms with E-state index in [2.05, 4.69) is 29.4 Å². The molecule has 3 aromatic rings. The quantitative estimate of drug-likeness (QED) is 0.285. The molecule has 0 saturated heterocycles. The van der Waals surface area contributed by atoms with Gasteiger partial charge in [0.2, 0.25) is 0 Å². The van der Waals surface area contributed by atoms with Gasteiger partial charge in [-0.2, -0.15) is 0 Å². The number of carbonyl (C=O) groups excluding carboxylic acids is 1. The summed E-state index contributed by atoms with van der Waals surface area (Å²) in [6.07, 6.45) is 7.37. The number of carbonyl (C=O) groups is 2. The fraction of sp³-hybridized carbons (Fsp3) is 0.357. The Morgan fingerprint density at radius 3 is 2.54 bits per heavy atom. The van der Waals surface area contributed by atoms with E-state index in [-0.39, 0.29) is 16.4 Å². The van der Waals surface area contributed by atoms with Gasteiger partial charge in [-0.3, -0.25) is 0 Å². The Labute approximate surface area is 221 Å². The lowest BCUT2D eigenvalue weighted by molar-refractivity contribution is 0.0688. The van der Waals surface area contributed by atoms with Gasteiger partial charge in [0.05, 0.1) is 16.4 Å². The predicted octanol–water partition coefficient (Wildman–Crippen LogP) is 7.41. The molecule has 2 amide bonds. The second kappa shape index (κ2) is 11.7. The summed E-state index contributed by atoms with van der Waals surface area (Å²) < 4.78 is 15.5. The second-order valence-electron chi connectivity index (χ2n) is 9.82. The number of hydrogen-bond donors (Lipinski definition) is 3. The van der Waals surface area contributed by atoms with Crippen molar-refractivity contribution in [2.45, 2.75) is 52.0 Å². The van der Waals surface area contributed by atoms with E-state index in [1.165, 1.54) is 24.6 Å². The first-order valence-electron chi connectivity index (χ1n) is 12.6. The Morgan fingerprint density at radius 1 is 1.11 bits per heavy atom. The third-order valence-electron chi connectivity index (χ3n) is 6.54. The molecule has 1 aliphatic carbocycles. The van der Waals surface area contributed by atoms with E-state index < -0.39 is 17.8 Å². The SMILES string of the molecule is CC(C)CN(c1ccc(-n2cccc2C(=O)O)cc1NC(=O)Nc1ccc(Cl)c(F)c1)C1CCCCC1. The van der Waals surface area contributed by atoms with Crippen molar-refractivity contribution < 1.29 is 19.1 Å². The van der Waals surface area contributed by atoms with E-state index in [4.69, 9.17) is 11.6 Å². The molecule has 0 unspecified atom stereocenters. The van der Waals surface area contributed by atoms with Gasteiger partial charge in [-0.15, -0.1) is 0 Å². The normalized spacial score (nSPS) is 14.0. The second-order valence-corrected chi connectivity index (χ2v) is 10.2. The van der Waals surface area contributed by atoms with Crippen LogP contribution in [-0.2, 0) is 0 Å². The summed E-state index contributed by atoms with van der Waals surface area (Å²) in [6, 6.07) is 12.6. The number of nitrogens with one attached hydrogen (secondary N) is 2. The first-order chi connectivity index (χ1) is 17.7.